The summed E-state index contributed by atoms with van der Waals surface area (Å²) >= 11 is 1.98. The Labute approximate surface area is 119 Å². The molecule has 0 N–H and O–H groups in total. The first kappa shape index (κ1) is 14.6. The summed E-state index contributed by atoms with van der Waals surface area (Å²) in [6.45, 7) is 3.94. The first-order chi connectivity index (χ1) is 9.09. The quantitative estimate of drug-likeness (QED) is 0.724. The molecule has 0 saturated heterocycles. The Morgan fingerprint density at radius 2 is 2.16 bits per heavy atom. The summed E-state index contributed by atoms with van der Waals surface area (Å²) in [5, 5.41) is 0. The molecule has 0 aliphatic heterocycles. The Balaban J connectivity index is 2.06. The van der Waals surface area contributed by atoms with Crippen LogP contribution in [0.2, 0.25) is 0 Å². The van der Waals surface area contributed by atoms with Crippen LogP contribution in [0.4, 0.5) is 0 Å². The Morgan fingerprint density at radius 1 is 1.42 bits per heavy atom. The smallest absolute Gasteiger partial charge is 0.310 e. The molecule has 0 bridgehead atoms. The summed E-state index contributed by atoms with van der Waals surface area (Å²) in [5.74, 6) is 1.86. The molecule has 1 saturated carbocycles. The van der Waals surface area contributed by atoms with Crippen molar-refractivity contribution in [2.45, 2.75) is 57.1 Å². The largest absolute Gasteiger partial charge is 0.431 e. The molecule has 19 heavy (non-hydrogen) atoms. The highest BCUT2D eigenvalue weighted by Crippen LogP contribution is 2.53. The van der Waals surface area contributed by atoms with Crippen molar-refractivity contribution >= 4 is 23.5 Å². The summed E-state index contributed by atoms with van der Waals surface area (Å²) < 4.78 is 5.53. The van der Waals surface area contributed by atoms with Gasteiger partial charge in [-0.15, -0.1) is 0 Å². The number of allylic oxidation sites excluding steroid dienone is 2. The first-order valence-electron chi connectivity index (χ1n) is 7.17. The van der Waals surface area contributed by atoms with Crippen molar-refractivity contribution in [3.63, 3.8) is 0 Å². The second-order valence-electron chi connectivity index (χ2n) is 5.36. The Hall–Kier alpha value is -0.770. The molecule has 0 aromatic rings. The Bertz CT molecular complexity index is 396. The zero-order chi connectivity index (χ0) is 13.9. The fourth-order valence-electron chi connectivity index (χ4n) is 3.00. The average molecular weight is 282 g/mol. The summed E-state index contributed by atoms with van der Waals surface area (Å²) in [6, 6.07) is 0. The fraction of sp³-hybridized carbons (Fsp3) is 0.733. The van der Waals surface area contributed by atoms with Crippen LogP contribution in [0.5, 0.6) is 0 Å². The molecule has 4 heteroatoms. The van der Waals surface area contributed by atoms with E-state index < -0.39 is 0 Å². The highest BCUT2D eigenvalue weighted by molar-refractivity contribution is 8.00. The maximum Gasteiger partial charge on any atom is 0.310 e. The van der Waals surface area contributed by atoms with Gasteiger partial charge in [0.25, 0.3) is 0 Å². The predicted molar refractivity (Wildman–Crippen MR) is 76.9 cm³/mol. The molecule has 0 radical (unpaired) electrons. The van der Waals surface area contributed by atoms with E-state index in [2.05, 4.69) is 6.92 Å². The van der Waals surface area contributed by atoms with Crippen molar-refractivity contribution in [2.75, 3.05) is 5.75 Å². The number of thioether (sulfide) groups is 1. The minimum absolute atomic E-state index is 0.109. The van der Waals surface area contributed by atoms with Crippen LogP contribution in [0.15, 0.2) is 11.8 Å². The van der Waals surface area contributed by atoms with Gasteiger partial charge in [-0.05, 0) is 24.5 Å². The van der Waals surface area contributed by atoms with Crippen molar-refractivity contribution in [1.29, 1.82) is 0 Å². The van der Waals surface area contributed by atoms with E-state index in [1.165, 1.54) is 25.3 Å². The molecule has 0 aromatic carbocycles. The number of ether oxygens (including phenoxy) is 1. The standard InChI is InChI=1S/C15H22O3S/c1-3-14(17)18-13-9-11(8-12(16)10-13)15(19-4-2)6-5-7-15/h10-11H,3-9H2,1-2H3. The van der Waals surface area contributed by atoms with Gasteiger partial charge in [0.15, 0.2) is 5.78 Å². The van der Waals surface area contributed by atoms with Gasteiger partial charge in [-0.2, -0.15) is 11.8 Å². The summed E-state index contributed by atoms with van der Waals surface area (Å²) in [5.41, 5.74) is 0. The number of ketones is 1. The summed E-state index contributed by atoms with van der Waals surface area (Å²) in [6.07, 6.45) is 6.87. The minimum atomic E-state index is -0.245. The fourth-order valence-corrected chi connectivity index (χ4v) is 4.55. The lowest BCUT2D eigenvalue weighted by Gasteiger charge is -2.48. The van der Waals surface area contributed by atoms with Crippen LogP contribution in [0.25, 0.3) is 0 Å². The van der Waals surface area contributed by atoms with Crippen LogP contribution in [0.3, 0.4) is 0 Å². The van der Waals surface area contributed by atoms with E-state index in [0.29, 0.717) is 24.5 Å². The maximum absolute atomic E-state index is 11.9. The third-order valence-corrected chi connectivity index (χ3v) is 5.73. The van der Waals surface area contributed by atoms with Crippen LogP contribution in [0, 0.1) is 5.92 Å². The number of carbonyl (C=O) groups is 2. The van der Waals surface area contributed by atoms with Crippen LogP contribution < -0.4 is 0 Å². The van der Waals surface area contributed by atoms with Crippen LogP contribution in [-0.4, -0.2) is 22.3 Å². The van der Waals surface area contributed by atoms with Crippen molar-refractivity contribution in [2.24, 2.45) is 5.92 Å². The molecule has 3 nitrogen and oxygen atoms in total. The van der Waals surface area contributed by atoms with Crippen LogP contribution in [-0.2, 0) is 14.3 Å². The highest BCUT2D eigenvalue weighted by Gasteiger charge is 2.46. The van der Waals surface area contributed by atoms with Gasteiger partial charge in [-0.1, -0.05) is 20.3 Å². The SMILES string of the molecule is CCSC1(C2CC(=O)C=C(OC(=O)CC)C2)CCC1. The molecular weight excluding hydrogens is 260 g/mol. The van der Waals surface area contributed by atoms with E-state index >= 15 is 0 Å². The third kappa shape index (κ3) is 3.22. The predicted octanol–water partition coefficient (Wildman–Crippen LogP) is 3.48. The molecule has 0 heterocycles. The van der Waals surface area contributed by atoms with Crippen molar-refractivity contribution in [3.8, 4) is 0 Å². The third-order valence-electron chi connectivity index (χ3n) is 4.13. The second kappa shape index (κ2) is 6.12. The van der Waals surface area contributed by atoms with E-state index in [9.17, 15) is 9.59 Å². The molecule has 0 amide bonds. The van der Waals surface area contributed by atoms with Crippen molar-refractivity contribution in [1.82, 2.24) is 0 Å². The molecule has 0 spiro atoms. The zero-order valence-corrected chi connectivity index (χ0v) is 12.6. The number of esters is 1. The van der Waals surface area contributed by atoms with E-state index in [1.54, 1.807) is 6.92 Å². The Morgan fingerprint density at radius 3 is 2.68 bits per heavy atom. The first-order valence-corrected chi connectivity index (χ1v) is 8.16. The molecule has 2 aliphatic rings. The van der Waals surface area contributed by atoms with Gasteiger partial charge in [-0.25, -0.2) is 0 Å². The molecule has 2 aliphatic carbocycles. The van der Waals surface area contributed by atoms with Crippen molar-refractivity contribution < 1.29 is 14.3 Å². The lowest BCUT2D eigenvalue weighted by Crippen LogP contribution is -2.44. The van der Waals surface area contributed by atoms with Gasteiger partial charge in [0, 0.05) is 30.1 Å². The summed E-state index contributed by atoms with van der Waals surface area (Å²) in [4.78, 5) is 23.2. The monoisotopic (exact) mass is 282 g/mol. The molecule has 0 aromatic heterocycles. The lowest BCUT2D eigenvalue weighted by molar-refractivity contribution is -0.139. The van der Waals surface area contributed by atoms with Crippen LogP contribution >= 0.6 is 11.8 Å². The van der Waals surface area contributed by atoms with Gasteiger partial charge < -0.3 is 4.74 Å². The van der Waals surface area contributed by atoms with Gasteiger partial charge in [0.1, 0.15) is 5.76 Å². The molecular formula is C15H22O3S. The normalized spacial score (nSPS) is 25.5. The zero-order valence-electron chi connectivity index (χ0n) is 11.7. The number of hydrogen-bond donors (Lipinski definition) is 0. The average Bonchev–Trinajstić information content (AvgIpc) is 2.32. The van der Waals surface area contributed by atoms with Gasteiger partial charge in [0.2, 0.25) is 0 Å². The number of carbonyl (C=O) groups excluding carboxylic acids is 2. The lowest BCUT2D eigenvalue weighted by atomic mass is 9.70. The van der Waals surface area contributed by atoms with Crippen molar-refractivity contribution in [3.05, 3.63) is 11.8 Å². The molecule has 106 valence electrons. The number of rotatable bonds is 5. The Kier molecular flexibility index (Phi) is 4.71. The molecule has 1 fully saturated rings. The van der Waals surface area contributed by atoms with E-state index in [0.717, 1.165) is 12.2 Å². The molecule has 2 rings (SSSR count). The van der Waals surface area contributed by atoms with E-state index in [-0.39, 0.29) is 16.5 Å². The summed E-state index contributed by atoms with van der Waals surface area (Å²) in [7, 11) is 0. The topological polar surface area (TPSA) is 43.4 Å². The van der Waals surface area contributed by atoms with E-state index in [4.69, 9.17) is 4.74 Å². The number of hydrogen-bond acceptors (Lipinski definition) is 4. The second-order valence-corrected chi connectivity index (χ2v) is 7.04. The van der Waals surface area contributed by atoms with Gasteiger partial charge in [0.05, 0.1) is 0 Å². The van der Waals surface area contributed by atoms with Gasteiger partial charge >= 0.3 is 5.97 Å². The highest BCUT2D eigenvalue weighted by atomic mass is 32.2. The van der Waals surface area contributed by atoms with E-state index in [1.807, 2.05) is 11.8 Å². The van der Waals surface area contributed by atoms with Crippen LogP contribution in [0.1, 0.15) is 52.4 Å². The molecule has 1 atom stereocenters. The maximum atomic E-state index is 11.9. The van der Waals surface area contributed by atoms with Gasteiger partial charge in [-0.3, -0.25) is 9.59 Å². The molecule has 1 unspecified atom stereocenters. The minimum Gasteiger partial charge on any atom is -0.431 e.